The van der Waals surface area contributed by atoms with E-state index in [9.17, 15) is 13.8 Å². The van der Waals surface area contributed by atoms with Gasteiger partial charge in [-0.3, -0.25) is 10.1 Å². The highest BCUT2D eigenvalue weighted by atomic mass is 35.5. The summed E-state index contributed by atoms with van der Waals surface area (Å²) in [6, 6.07) is 16.1. The van der Waals surface area contributed by atoms with Crippen LogP contribution in [0, 0.1) is 11.7 Å². The van der Waals surface area contributed by atoms with Gasteiger partial charge in [0, 0.05) is 26.3 Å². The van der Waals surface area contributed by atoms with Crippen molar-refractivity contribution in [1.82, 2.24) is 14.6 Å². The summed E-state index contributed by atoms with van der Waals surface area (Å²) in [5.41, 5.74) is 0.632. The van der Waals surface area contributed by atoms with Gasteiger partial charge >= 0.3 is 6.03 Å². The van der Waals surface area contributed by atoms with Crippen molar-refractivity contribution in [3.63, 3.8) is 0 Å². The van der Waals surface area contributed by atoms with E-state index in [1.165, 1.54) is 24.3 Å². The van der Waals surface area contributed by atoms with Crippen molar-refractivity contribution in [3.05, 3.63) is 88.8 Å². The Morgan fingerprint density at radius 3 is 2.43 bits per heavy atom. The van der Waals surface area contributed by atoms with Gasteiger partial charge in [0.2, 0.25) is 5.91 Å². The largest absolute Gasteiger partial charge is 0.380 e. The van der Waals surface area contributed by atoms with E-state index < -0.39 is 45.1 Å². The number of amides is 3. The molecule has 2 unspecified atom stereocenters. The van der Waals surface area contributed by atoms with Gasteiger partial charge < -0.3 is 15.0 Å². The maximum Gasteiger partial charge on any atom is 0.323 e. The second-order valence-corrected chi connectivity index (χ2v) is 15.4. The minimum Gasteiger partial charge on any atom is -0.380 e. The number of ether oxygens (including phenoxy) is 1. The maximum atomic E-state index is 15.5. The summed E-state index contributed by atoms with van der Waals surface area (Å²) in [4.78, 5) is 32.5. The Morgan fingerprint density at radius 2 is 1.80 bits per heavy atom. The molecule has 1 saturated heterocycles. The molecule has 3 amide bonds. The number of likely N-dealkylation sites (tertiary alicyclic amines) is 1. The first kappa shape index (κ1) is 34.0. The number of aromatic nitrogens is 1. The van der Waals surface area contributed by atoms with Crippen LogP contribution in [0.5, 0.6) is 0 Å². The van der Waals surface area contributed by atoms with Crippen LogP contribution < -0.4 is 15.4 Å². The minimum absolute atomic E-state index is 0.0295. The Kier molecular flexibility index (Phi) is 10.5. The van der Waals surface area contributed by atoms with Crippen LogP contribution in [0.2, 0.25) is 5.02 Å². The van der Waals surface area contributed by atoms with Gasteiger partial charge in [-0.05, 0) is 74.9 Å². The average molecular weight is 670 g/mol. The summed E-state index contributed by atoms with van der Waals surface area (Å²) in [6.07, 6.45) is 5.08. The van der Waals surface area contributed by atoms with E-state index in [2.05, 4.69) is 20.3 Å². The minimum atomic E-state index is -1.47. The summed E-state index contributed by atoms with van der Waals surface area (Å²) >= 11 is 5.92. The van der Waals surface area contributed by atoms with Crippen LogP contribution in [0.25, 0.3) is 0 Å². The number of nitrogens with zero attached hydrogens (tertiary/aromatic N) is 2. The summed E-state index contributed by atoms with van der Waals surface area (Å²) < 4.78 is 37.5. The van der Waals surface area contributed by atoms with Crippen LogP contribution in [0.15, 0.2) is 66.9 Å². The molecule has 2 aliphatic rings. The summed E-state index contributed by atoms with van der Waals surface area (Å²) in [5, 5.41) is 5.86. The van der Waals surface area contributed by atoms with Gasteiger partial charge in [-0.1, -0.05) is 60.8 Å². The molecule has 2 fully saturated rings. The van der Waals surface area contributed by atoms with E-state index in [-0.39, 0.29) is 30.6 Å². The zero-order valence-corrected chi connectivity index (χ0v) is 28.1. The number of rotatable bonds is 11. The van der Waals surface area contributed by atoms with Gasteiger partial charge in [0.05, 0.1) is 38.1 Å². The third kappa shape index (κ3) is 7.94. The van der Waals surface area contributed by atoms with Crippen molar-refractivity contribution in [2.24, 2.45) is 5.92 Å². The number of pyridine rings is 1. The Morgan fingerprint density at radius 1 is 1.07 bits per heavy atom. The van der Waals surface area contributed by atoms with E-state index in [0.717, 1.165) is 24.8 Å². The molecule has 1 saturated carbocycles. The third-order valence-electron chi connectivity index (χ3n) is 8.55. The SMILES string of the molecule is CO[C@@H]1C[C@H](C(=O)Nc2cc(C(CCC3CC3)(NS(=O)C(C)(C)C)c3ccccc3)ccc2F)N(C(=O)Nc2ccc(Cl)cn2)C1. The summed E-state index contributed by atoms with van der Waals surface area (Å²) in [7, 11) is 0.0494. The fourth-order valence-corrected chi connectivity index (χ4v) is 6.73. The van der Waals surface area contributed by atoms with Crippen LogP contribution in [-0.4, -0.2) is 56.6 Å². The number of hydrogen-bond donors (Lipinski definition) is 3. The first-order valence-corrected chi connectivity index (χ1v) is 17.0. The van der Waals surface area contributed by atoms with E-state index in [0.29, 0.717) is 22.9 Å². The number of hydrogen-bond acceptors (Lipinski definition) is 5. The Bertz CT molecular complexity index is 1570. The predicted octanol–water partition coefficient (Wildman–Crippen LogP) is 6.62. The smallest absolute Gasteiger partial charge is 0.323 e. The van der Waals surface area contributed by atoms with Gasteiger partial charge in [-0.2, -0.15) is 0 Å². The van der Waals surface area contributed by atoms with Gasteiger partial charge in [-0.15, -0.1) is 0 Å². The number of carbonyl (C=O) groups is 2. The molecule has 46 heavy (non-hydrogen) atoms. The van der Waals surface area contributed by atoms with Crippen molar-refractivity contribution in [2.75, 3.05) is 24.3 Å². The molecular formula is C34H41ClFN5O4S. The monoisotopic (exact) mass is 669 g/mol. The van der Waals surface area contributed by atoms with E-state index in [1.54, 1.807) is 24.3 Å². The fourth-order valence-electron chi connectivity index (χ4n) is 5.66. The molecule has 4 atom stereocenters. The Labute approximate surface area is 277 Å². The summed E-state index contributed by atoms with van der Waals surface area (Å²) in [5.74, 6) is -0.314. The number of halogens is 2. The molecule has 0 bridgehead atoms. The molecule has 5 rings (SSSR count). The highest BCUT2D eigenvalue weighted by Gasteiger charge is 2.42. The molecule has 0 spiro atoms. The normalized spacial score (nSPS) is 20.2. The lowest BCUT2D eigenvalue weighted by Gasteiger charge is -2.38. The molecule has 1 aliphatic heterocycles. The Hall–Kier alpha value is -3.38. The van der Waals surface area contributed by atoms with Crippen LogP contribution in [0.3, 0.4) is 0 Å². The van der Waals surface area contributed by atoms with Gasteiger partial charge in [0.25, 0.3) is 0 Å². The van der Waals surface area contributed by atoms with E-state index >= 15 is 4.39 Å². The molecule has 3 N–H and O–H groups in total. The Balaban J connectivity index is 1.46. The average Bonchev–Trinajstić information content (AvgIpc) is 3.76. The topological polar surface area (TPSA) is 113 Å². The number of nitrogens with one attached hydrogen (secondary N) is 3. The van der Waals surface area contributed by atoms with Crippen molar-refractivity contribution >= 4 is 46.0 Å². The molecule has 0 radical (unpaired) electrons. The first-order valence-electron chi connectivity index (χ1n) is 15.5. The quantitative estimate of drug-likeness (QED) is 0.213. The van der Waals surface area contributed by atoms with Crippen LogP contribution in [-0.2, 0) is 26.1 Å². The molecule has 1 aromatic heterocycles. The van der Waals surface area contributed by atoms with E-state index in [1.807, 2.05) is 51.1 Å². The molecule has 246 valence electrons. The lowest BCUT2D eigenvalue weighted by Crippen LogP contribution is -2.49. The van der Waals surface area contributed by atoms with Gasteiger partial charge in [0.1, 0.15) is 17.7 Å². The molecule has 2 aromatic carbocycles. The van der Waals surface area contributed by atoms with Crippen LogP contribution in [0.4, 0.5) is 20.7 Å². The van der Waals surface area contributed by atoms with Crippen molar-refractivity contribution in [2.45, 2.75) is 75.3 Å². The number of benzene rings is 2. The second-order valence-electron chi connectivity index (χ2n) is 13.0. The molecule has 3 aromatic rings. The maximum absolute atomic E-state index is 15.5. The predicted molar refractivity (Wildman–Crippen MR) is 179 cm³/mol. The summed E-state index contributed by atoms with van der Waals surface area (Å²) in [6.45, 7) is 5.88. The third-order valence-corrected chi connectivity index (χ3v) is 10.4. The van der Waals surface area contributed by atoms with Crippen LogP contribution >= 0.6 is 11.6 Å². The molecule has 1 aliphatic carbocycles. The molecule has 12 heteroatoms. The lowest BCUT2D eigenvalue weighted by molar-refractivity contribution is -0.119. The standard InChI is InChI=1S/C34H41ClFN5O4S/c1-33(2,3)46(44)40-34(17-16-22-10-11-22,23-8-6-5-7-9-23)24-12-14-27(36)28(18-24)38-31(42)29-19-26(45-4)21-41(29)32(43)39-30-15-13-25(35)20-37-30/h5-9,12-15,18,20,22,26,29,40H,10-11,16-17,19,21H2,1-4H3,(H,38,42)(H,37,39,43)/t26-,29-,34?,46?/m1/s1. The number of carbonyl (C=O) groups excluding carboxylic acids is 2. The van der Waals surface area contributed by atoms with Crippen molar-refractivity contribution in [3.8, 4) is 0 Å². The van der Waals surface area contributed by atoms with Crippen LogP contribution in [0.1, 0.15) is 64.0 Å². The van der Waals surface area contributed by atoms with Gasteiger partial charge in [0.15, 0.2) is 0 Å². The first-order chi connectivity index (χ1) is 21.9. The zero-order chi connectivity index (χ0) is 33.1. The number of methoxy groups -OCH3 is 1. The second kappa shape index (κ2) is 14.2. The van der Waals surface area contributed by atoms with Crippen molar-refractivity contribution in [1.29, 1.82) is 0 Å². The van der Waals surface area contributed by atoms with E-state index in [4.69, 9.17) is 16.3 Å². The number of urea groups is 1. The molecule has 2 heterocycles. The highest BCUT2D eigenvalue weighted by Crippen LogP contribution is 2.42. The molecule has 9 nitrogen and oxygen atoms in total. The number of anilines is 2. The molecular weight excluding hydrogens is 629 g/mol. The highest BCUT2D eigenvalue weighted by molar-refractivity contribution is 7.84. The fraction of sp³-hybridized carbons (Fsp3) is 0.441. The van der Waals surface area contributed by atoms with Crippen molar-refractivity contribution < 1.29 is 22.9 Å². The van der Waals surface area contributed by atoms with Gasteiger partial charge in [-0.25, -0.2) is 23.1 Å². The lowest BCUT2D eigenvalue weighted by atomic mass is 9.79. The zero-order valence-electron chi connectivity index (χ0n) is 26.5.